The molecule has 1 aliphatic rings. The molecule has 1 aromatic heterocycles. The van der Waals surface area contributed by atoms with E-state index in [1.165, 1.54) is 18.3 Å². The summed E-state index contributed by atoms with van der Waals surface area (Å²) >= 11 is 0. The highest BCUT2D eigenvalue weighted by Crippen LogP contribution is 2.42. The summed E-state index contributed by atoms with van der Waals surface area (Å²) in [7, 11) is 0.912. The molecule has 0 spiro atoms. The predicted octanol–water partition coefficient (Wildman–Crippen LogP) is 1.99. The highest BCUT2D eigenvalue weighted by atomic mass is 31.0. The molecule has 1 saturated carbocycles. The molecule has 0 saturated heterocycles. The molecule has 0 N–H and O–H groups in total. The van der Waals surface area contributed by atoms with Gasteiger partial charge in [-0.05, 0) is 18.6 Å². The fraction of sp³-hybridized carbons (Fsp3) is 0.500. The Hall–Kier alpha value is -0.290. The van der Waals surface area contributed by atoms with Gasteiger partial charge in [0.25, 0.3) is 0 Å². The van der Waals surface area contributed by atoms with Crippen LogP contribution in [0.3, 0.4) is 0 Å². The first-order valence-electron chi connectivity index (χ1n) is 2.96. The van der Waals surface area contributed by atoms with Crippen LogP contribution in [0.5, 0.6) is 0 Å². The van der Waals surface area contributed by atoms with E-state index in [1.807, 2.05) is 6.20 Å². The molecule has 0 aliphatic heterocycles. The van der Waals surface area contributed by atoms with Crippen molar-refractivity contribution >= 4 is 8.19 Å². The normalized spacial score (nSPS) is 20.0. The molecule has 1 atom stereocenters. The van der Waals surface area contributed by atoms with Crippen LogP contribution in [0.25, 0.3) is 0 Å². The Kier molecular flexibility index (Phi) is 0.913. The topological polar surface area (TPSA) is 12.9 Å². The number of rotatable bonds is 1. The Balaban J connectivity index is 2.28. The van der Waals surface area contributed by atoms with Crippen LogP contribution in [0.4, 0.5) is 0 Å². The molecular formula is C6H8NP. The Bertz CT molecular complexity index is 165. The minimum absolute atomic E-state index is 0.892. The second-order valence-electron chi connectivity index (χ2n) is 2.25. The van der Waals surface area contributed by atoms with Crippen molar-refractivity contribution < 1.29 is 0 Å². The predicted molar refractivity (Wildman–Crippen MR) is 35.7 cm³/mol. The van der Waals surface area contributed by atoms with Crippen molar-refractivity contribution in [3.05, 3.63) is 17.4 Å². The van der Waals surface area contributed by atoms with Crippen molar-refractivity contribution in [2.24, 2.45) is 0 Å². The summed E-state index contributed by atoms with van der Waals surface area (Å²) in [4.78, 5) is 4.25. The van der Waals surface area contributed by atoms with E-state index < -0.39 is 0 Å². The lowest BCUT2D eigenvalue weighted by atomic mass is 10.5. The van der Waals surface area contributed by atoms with E-state index in [-0.39, 0.29) is 0 Å². The molecule has 0 aromatic carbocycles. The zero-order chi connectivity index (χ0) is 5.40. The minimum atomic E-state index is 0.892. The molecule has 8 heavy (non-hydrogen) atoms. The van der Waals surface area contributed by atoms with Crippen LogP contribution in [0, 0.1) is 0 Å². The zero-order valence-electron chi connectivity index (χ0n) is 4.59. The fourth-order valence-corrected chi connectivity index (χ4v) is 1.85. The van der Waals surface area contributed by atoms with Crippen molar-refractivity contribution in [3.63, 3.8) is 0 Å². The van der Waals surface area contributed by atoms with E-state index in [4.69, 9.17) is 0 Å². The zero-order valence-corrected chi connectivity index (χ0v) is 5.59. The van der Waals surface area contributed by atoms with Crippen LogP contribution in [-0.4, -0.2) is 4.98 Å². The lowest BCUT2D eigenvalue weighted by Crippen LogP contribution is -1.69. The van der Waals surface area contributed by atoms with E-state index in [9.17, 15) is 0 Å². The van der Waals surface area contributed by atoms with Gasteiger partial charge in [0.1, 0.15) is 0 Å². The first-order valence-corrected chi connectivity index (χ1v) is 4.04. The third kappa shape index (κ3) is 0.674. The fourth-order valence-electron chi connectivity index (χ4n) is 0.858. The second-order valence-corrected chi connectivity index (χ2v) is 3.38. The average Bonchev–Trinajstić information content (AvgIpc) is 2.49. The van der Waals surface area contributed by atoms with Crippen LogP contribution in [0.2, 0.25) is 0 Å². The maximum atomic E-state index is 4.25. The van der Waals surface area contributed by atoms with Gasteiger partial charge >= 0.3 is 0 Å². The summed E-state index contributed by atoms with van der Waals surface area (Å²) in [6.45, 7) is 0. The van der Waals surface area contributed by atoms with Gasteiger partial charge in [-0.25, -0.2) is 0 Å². The minimum Gasteiger partial charge on any atom is -0.257 e. The first kappa shape index (κ1) is 4.58. The Morgan fingerprint density at radius 3 is 3.00 bits per heavy atom. The summed E-state index contributed by atoms with van der Waals surface area (Å²) in [5, 5.41) is 0. The van der Waals surface area contributed by atoms with Gasteiger partial charge < -0.3 is 0 Å². The summed E-state index contributed by atoms with van der Waals surface area (Å²) < 4.78 is 0. The van der Waals surface area contributed by atoms with Crippen LogP contribution in [-0.2, 0) is 0 Å². The Labute approximate surface area is 50.2 Å². The number of nitrogens with zero attached hydrogens (tertiary/aromatic N) is 1. The van der Waals surface area contributed by atoms with Crippen molar-refractivity contribution in [1.82, 2.24) is 4.98 Å². The van der Waals surface area contributed by atoms with Gasteiger partial charge in [-0.2, -0.15) is 0 Å². The van der Waals surface area contributed by atoms with Crippen molar-refractivity contribution in [3.8, 4) is 0 Å². The van der Waals surface area contributed by atoms with Crippen molar-refractivity contribution in [2.45, 2.75) is 18.8 Å². The van der Waals surface area contributed by atoms with E-state index in [0.29, 0.717) is 0 Å². The highest BCUT2D eigenvalue weighted by molar-refractivity contribution is 7.30. The monoisotopic (exact) mass is 125 g/mol. The first-order chi connectivity index (χ1) is 3.97. The molecule has 1 fully saturated rings. The lowest BCUT2D eigenvalue weighted by Gasteiger charge is -1.82. The van der Waals surface area contributed by atoms with Crippen LogP contribution in [0.15, 0.2) is 12.0 Å². The third-order valence-corrected chi connectivity index (χ3v) is 2.63. The van der Waals surface area contributed by atoms with E-state index in [2.05, 4.69) is 10.8 Å². The summed E-state index contributed by atoms with van der Waals surface area (Å²) in [6, 6.07) is 0. The lowest BCUT2D eigenvalue weighted by molar-refractivity contribution is 1.08. The van der Waals surface area contributed by atoms with E-state index >= 15 is 0 Å². The SMILES string of the molecule is c1c[pH]c(C2CC2)n1. The molecule has 0 radical (unpaired) electrons. The summed E-state index contributed by atoms with van der Waals surface area (Å²) in [6.07, 6.45) is 4.73. The van der Waals surface area contributed by atoms with Crippen LogP contribution in [0.1, 0.15) is 24.2 Å². The Morgan fingerprint density at radius 2 is 2.50 bits per heavy atom. The van der Waals surface area contributed by atoms with E-state index in [1.54, 1.807) is 0 Å². The number of hydrogen-bond acceptors (Lipinski definition) is 1. The van der Waals surface area contributed by atoms with Gasteiger partial charge in [0.15, 0.2) is 0 Å². The molecule has 1 heterocycles. The molecule has 2 heteroatoms. The maximum Gasteiger partial charge on any atom is 0.0592 e. The molecule has 1 aliphatic carbocycles. The Morgan fingerprint density at radius 1 is 1.62 bits per heavy atom. The molecular weight excluding hydrogens is 117 g/mol. The molecule has 2 rings (SSSR count). The second kappa shape index (κ2) is 1.60. The molecule has 1 aromatic rings. The van der Waals surface area contributed by atoms with Crippen LogP contribution < -0.4 is 0 Å². The van der Waals surface area contributed by atoms with Gasteiger partial charge in [-0.1, -0.05) is 0 Å². The molecule has 42 valence electrons. The summed E-state index contributed by atoms with van der Waals surface area (Å²) in [5.41, 5.74) is 1.45. The van der Waals surface area contributed by atoms with E-state index in [0.717, 1.165) is 14.1 Å². The average molecular weight is 125 g/mol. The molecule has 0 amide bonds. The number of hydrogen-bond donors (Lipinski definition) is 0. The van der Waals surface area contributed by atoms with Gasteiger partial charge in [-0.15, -0.1) is 8.19 Å². The van der Waals surface area contributed by atoms with Crippen molar-refractivity contribution in [2.75, 3.05) is 0 Å². The molecule has 1 unspecified atom stereocenters. The maximum absolute atomic E-state index is 4.25. The van der Waals surface area contributed by atoms with Gasteiger partial charge in [0.05, 0.1) is 5.43 Å². The number of aromatic nitrogens is 1. The smallest absolute Gasteiger partial charge is 0.0592 e. The molecule has 0 bridgehead atoms. The third-order valence-electron chi connectivity index (χ3n) is 1.48. The van der Waals surface area contributed by atoms with Gasteiger partial charge in [0, 0.05) is 12.1 Å². The van der Waals surface area contributed by atoms with Gasteiger partial charge in [0.2, 0.25) is 0 Å². The highest BCUT2D eigenvalue weighted by Gasteiger charge is 2.24. The quantitative estimate of drug-likeness (QED) is 0.559. The van der Waals surface area contributed by atoms with Crippen LogP contribution >= 0.6 is 8.19 Å². The van der Waals surface area contributed by atoms with Gasteiger partial charge in [-0.3, -0.25) is 4.98 Å². The molecule has 1 nitrogen and oxygen atoms in total. The van der Waals surface area contributed by atoms with Crippen molar-refractivity contribution in [1.29, 1.82) is 0 Å². The standard InChI is InChI=1S/C6H8NP/c1-2-5(1)6-7-3-4-8-6/h3-5,8H,1-2H2. The summed E-state index contributed by atoms with van der Waals surface area (Å²) in [5.74, 6) is 3.05. The largest absolute Gasteiger partial charge is 0.257 e.